The number of benzene rings is 2. The minimum Gasteiger partial charge on any atom is -0.497 e. The summed E-state index contributed by atoms with van der Waals surface area (Å²) in [5, 5.41) is 0. The molecule has 0 unspecified atom stereocenters. The van der Waals surface area contributed by atoms with Gasteiger partial charge in [-0.25, -0.2) is 4.79 Å². The van der Waals surface area contributed by atoms with Gasteiger partial charge in [-0.2, -0.15) is 0 Å². The fraction of sp³-hybridized carbons (Fsp3) is 0.381. The van der Waals surface area contributed by atoms with E-state index in [4.69, 9.17) is 15.2 Å². The first-order chi connectivity index (χ1) is 13.0. The number of hydrogen-bond acceptors (Lipinski definition) is 6. The summed E-state index contributed by atoms with van der Waals surface area (Å²) in [5.41, 5.74) is 9.05. The van der Waals surface area contributed by atoms with Crippen molar-refractivity contribution in [2.45, 2.75) is 20.0 Å². The van der Waals surface area contributed by atoms with Gasteiger partial charge >= 0.3 is 5.97 Å². The van der Waals surface area contributed by atoms with Crippen LogP contribution < -0.4 is 20.3 Å². The summed E-state index contributed by atoms with van der Waals surface area (Å²) in [4.78, 5) is 17.0. The van der Waals surface area contributed by atoms with Gasteiger partial charge in [0, 0.05) is 37.6 Å². The van der Waals surface area contributed by atoms with Gasteiger partial charge in [-0.05, 0) is 56.3 Å². The van der Waals surface area contributed by atoms with Crippen molar-refractivity contribution in [2.24, 2.45) is 0 Å². The van der Waals surface area contributed by atoms with Crippen LogP contribution in [0.15, 0.2) is 42.5 Å². The van der Waals surface area contributed by atoms with Crippen LogP contribution in [0.3, 0.4) is 0 Å². The predicted octanol–water partition coefficient (Wildman–Crippen LogP) is 3.17. The Labute approximate surface area is 160 Å². The normalized spacial score (nSPS) is 14.4. The number of nitrogens with zero attached hydrogens (tertiary/aromatic N) is 2. The van der Waals surface area contributed by atoms with Crippen LogP contribution in [0.5, 0.6) is 5.75 Å². The molecule has 27 heavy (non-hydrogen) atoms. The van der Waals surface area contributed by atoms with Crippen molar-refractivity contribution >= 4 is 23.0 Å². The summed E-state index contributed by atoms with van der Waals surface area (Å²) in [5.74, 6) is 0.525. The standard InChI is InChI=1S/C21H27N3O3/c1-15(2)27-21(25)19-14-16(22)4-9-20(19)24-12-10-23(11-13-24)17-5-7-18(26-3)8-6-17/h4-9,14-15H,10-13,22H2,1-3H3. The summed E-state index contributed by atoms with van der Waals surface area (Å²) in [7, 11) is 1.67. The highest BCUT2D eigenvalue weighted by molar-refractivity contribution is 5.97. The molecule has 1 aliphatic rings. The summed E-state index contributed by atoms with van der Waals surface area (Å²) < 4.78 is 10.6. The van der Waals surface area contributed by atoms with Crippen molar-refractivity contribution in [3.63, 3.8) is 0 Å². The number of rotatable bonds is 5. The zero-order valence-corrected chi connectivity index (χ0v) is 16.1. The third-order valence-electron chi connectivity index (χ3n) is 4.64. The molecule has 0 amide bonds. The largest absolute Gasteiger partial charge is 0.497 e. The topological polar surface area (TPSA) is 68.0 Å². The minimum atomic E-state index is -0.329. The average Bonchev–Trinajstić information content (AvgIpc) is 2.67. The summed E-state index contributed by atoms with van der Waals surface area (Å²) >= 11 is 0. The molecule has 1 aliphatic heterocycles. The monoisotopic (exact) mass is 369 g/mol. The lowest BCUT2D eigenvalue weighted by molar-refractivity contribution is 0.0378. The van der Waals surface area contributed by atoms with Crippen LogP contribution >= 0.6 is 0 Å². The number of methoxy groups -OCH3 is 1. The van der Waals surface area contributed by atoms with Gasteiger partial charge in [0.15, 0.2) is 0 Å². The Balaban J connectivity index is 1.72. The molecule has 1 saturated heterocycles. The third kappa shape index (κ3) is 4.45. The molecule has 0 aliphatic carbocycles. The molecule has 1 heterocycles. The van der Waals surface area contributed by atoms with E-state index in [9.17, 15) is 4.79 Å². The SMILES string of the molecule is COc1ccc(N2CCN(c3ccc(N)cc3C(=O)OC(C)C)CC2)cc1. The first-order valence-corrected chi connectivity index (χ1v) is 9.22. The van der Waals surface area contributed by atoms with Crippen LogP contribution in [0.2, 0.25) is 0 Å². The second kappa shape index (κ2) is 8.20. The van der Waals surface area contributed by atoms with Gasteiger partial charge in [0.25, 0.3) is 0 Å². The van der Waals surface area contributed by atoms with Crippen LogP contribution in [-0.2, 0) is 4.74 Å². The molecule has 0 saturated carbocycles. The van der Waals surface area contributed by atoms with Crippen LogP contribution in [0.25, 0.3) is 0 Å². The molecule has 0 radical (unpaired) electrons. The first-order valence-electron chi connectivity index (χ1n) is 9.22. The number of anilines is 3. The maximum atomic E-state index is 12.5. The van der Waals surface area contributed by atoms with Gasteiger partial charge in [0.2, 0.25) is 0 Å². The molecular formula is C21H27N3O3. The van der Waals surface area contributed by atoms with Crippen molar-refractivity contribution in [2.75, 3.05) is 48.8 Å². The second-order valence-corrected chi connectivity index (χ2v) is 6.90. The first kappa shape index (κ1) is 18.9. The predicted molar refractivity (Wildman–Crippen MR) is 109 cm³/mol. The summed E-state index contributed by atoms with van der Waals surface area (Å²) in [6.45, 7) is 7.07. The third-order valence-corrected chi connectivity index (χ3v) is 4.64. The van der Waals surface area contributed by atoms with E-state index in [1.807, 2.05) is 38.1 Å². The van der Waals surface area contributed by atoms with Crippen LogP contribution in [0.4, 0.5) is 17.1 Å². The molecule has 0 atom stereocenters. The van der Waals surface area contributed by atoms with E-state index >= 15 is 0 Å². The maximum Gasteiger partial charge on any atom is 0.340 e. The number of nitrogen functional groups attached to an aromatic ring is 1. The number of esters is 1. The van der Waals surface area contributed by atoms with E-state index in [2.05, 4.69) is 21.9 Å². The molecule has 1 fully saturated rings. The number of piperazine rings is 1. The number of nitrogens with two attached hydrogens (primary N) is 1. The van der Waals surface area contributed by atoms with Gasteiger partial charge < -0.3 is 25.0 Å². The Morgan fingerprint density at radius 3 is 2.22 bits per heavy atom. The molecule has 144 valence electrons. The Morgan fingerprint density at radius 2 is 1.63 bits per heavy atom. The van der Waals surface area contributed by atoms with E-state index in [1.54, 1.807) is 13.2 Å². The molecule has 2 N–H and O–H groups in total. The lowest BCUT2D eigenvalue weighted by Crippen LogP contribution is -2.47. The molecular weight excluding hydrogens is 342 g/mol. The van der Waals surface area contributed by atoms with Crippen LogP contribution in [0.1, 0.15) is 24.2 Å². The molecule has 3 rings (SSSR count). The minimum absolute atomic E-state index is 0.168. The van der Waals surface area contributed by atoms with Crippen molar-refractivity contribution < 1.29 is 14.3 Å². The van der Waals surface area contributed by atoms with Gasteiger partial charge in [0.1, 0.15) is 5.75 Å². The summed E-state index contributed by atoms with van der Waals surface area (Å²) in [6.07, 6.45) is -0.168. The molecule has 6 nitrogen and oxygen atoms in total. The van der Waals surface area contributed by atoms with Gasteiger partial charge in [-0.15, -0.1) is 0 Å². The zero-order chi connectivity index (χ0) is 19.4. The number of carbonyl (C=O) groups is 1. The highest BCUT2D eigenvalue weighted by Crippen LogP contribution is 2.27. The average molecular weight is 369 g/mol. The molecule has 0 aromatic heterocycles. The Kier molecular flexibility index (Phi) is 5.74. The maximum absolute atomic E-state index is 12.5. The van der Waals surface area contributed by atoms with E-state index in [0.717, 1.165) is 37.6 Å². The highest BCUT2D eigenvalue weighted by atomic mass is 16.5. The van der Waals surface area contributed by atoms with Crippen molar-refractivity contribution in [3.8, 4) is 5.75 Å². The number of hydrogen-bond donors (Lipinski definition) is 1. The molecule has 6 heteroatoms. The van der Waals surface area contributed by atoms with Gasteiger partial charge in [-0.1, -0.05) is 0 Å². The van der Waals surface area contributed by atoms with Crippen molar-refractivity contribution in [1.29, 1.82) is 0 Å². The highest BCUT2D eigenvalue weighted by Gasteiger charge is 2.23. The summed E-state index contributed by atoms with van der Waals surface area (Å²) in [6, 6.07) is 13.5. The van der Waals surface area contributed by atoms with E-state index in [1.165, 1.54) is 5.69 Å². The molecule has 0 spiro atoms. The molecule has 0 bridgehead atoms. The van der Waals surface area contributed by atoms with E-state index < -0.39 is 0 Å². The second-order valence-electron chi connectivity index (χ2n) is 6.90. The number of carbonyl (C=O) groups excluding carboxylic acids is 1. The zero-order valence-electron chi connectivity index (χ0n) is 16.1. The quantitative estimate of drug-likeness (QED) is 0.645. The Hall–Kier alpha value is -2.89. The Bertz CT molecular complexity index is 782. The van der Waals surface area contributed by atoms with Crippen molar-refractivity contribution in [3.05, 3.63) is 48.0 Å². The van der Waals surface area contributed by atoms with Crippen molar-refractivity contribution in [1.82, 2.24) is 0 Å². The lowest BCUT2D eigenvalue weighted by Gasteiger charge is -2.38. The smallest absolute Gasteiger partial charge is 0.340 e. The van der Waals surface area contributed by atoms with Crippen LogP contribution in [0, 0.1) is 0 Å². The Morgan fingerprint density at radius 1 is 1.00 bits per heavy atom. The molecule has 2 aromatic carbocycles. The fourth-order valence-corrected chi connectivity index (χ4v) is 3.27. The van der Waals surface area contributed by atoms with Crippen LogP contribution in [-0.4, -0.2) is 45.4 Å². The van der Waals surface area contributed by atoms with Gasteiger partial charge in [-0.3, -0.25) is 0 Å². The number of ether oxygens (including phenoxy) is 2. The molecule has 2 aromatic rings. The fourth-order valence-electron chi connectivity index (χ4n) is 3.27. The van der Waals surface area contributed by atoms with E-state index in [-0.39, 0.29) is 12.1 Å². The lowest BCUT2D eigenvalue weighted by atomic mass is 10.1. The van der Waals surface area contributed by atoms with E-state index in [0.29, 0.717) is 11.3 Å². The van der Waals surface area contributed by atoms with Gasteiger partial charge in [0.05, 0.1) is 24.5 Å².